The molecule has 0 saturated carbocycles. The summed E-state index contributed by atoms with van der Waals surface area (Å²) >= 11 is 3.11. The van der Waals surface area contributed by atoms with Gasteiger partial charge in [0.15, 0.2) is 5.69 Å². The molecule has 0 saturated heterocycles. The van der Waals surface area contributed by atoms with Crippen LogP contribution in [-0.4, -0.2) is 26.9 Å². The molecule has 4 nitrogen and oxygen atoms in total. The lowest BCUT2D eigenvalue weighted by atomic mass is 10.3. The van der Waals surface area contributed by atoms with Crippen molar-refractivity contribution in [2.24, 2.45) is 4.99 Å². The lowest BCUT2D eigenvalue weighted by molar-refractivity contribution is 0.0691. The number of carbonyl (C=O) groups is 1. The van der Waals surface area contributed by atoms with Crippen LogP contribution in [0.3, 0.4) is 0 Å². The van der Waals surface area contributed by atoms with Gasteiger partial charge in [0.1, 0.15) is 11.0 Å². The molecule has 0 spiro atoms. The molecule has 0 aromatic carbocycles. The number of hydrogen-bond acceptors (Lipinski definition) is 5. The van der Waals surface area contributed by atoms with Gasteiger partial charge in [0, 0.05) is 11.1 Å². The molecule has 1 aliphatic heterocycles. The first kappa shape index (κ1) is 10.6. The van der Waals surface area contributed by atoms with Gasteiger partial charge in [-0.1, -0.05) is 6.92 Å². The van der Waals surface area contributed by atoms with Gasteiger partial charge in [-0.3, -0.25) is 4.99 Å². The van der Waals surface area contributed by atoms with E-state index in [1.54, 1.807) is 17.1 Å². The van der Waals surface area contributed by atoms with Gasteiger partial charge in [-0.05, 0) is 6.42 Å². The van der Waals surface area contributed by atoms with E-state index in [0.717, 1.165) is 22.2 Å². The number of rotatable bonds is 3. The van der Waals surface area contributed by atoms with Crippen LogP contribution in [0.1, 0.15) is 34.9 Å². The second-order valence-corrected chi connectivity index (χ2v) is 5.06. The fourth-order valence-electron chi connectivity index (χ4n) is 1.28. The van der Waals surface area contributed by atoms with Crippen LogP contribution in [0, 0.1) is 0 Å². The van der Waals surface area contributed by atoms with Crippen LogP contribution < -0.4 is 0 Å². The maximum absolute atomic E-state index is 10.7. The Balaban J connectivity index is 2.17. The summed E-state index contributed by atoms with van der Waals surface area (Å²) in [5, 5.41) is 12.3. The third kappa shape index (κ3) is 2.21. The van der Waals surface area contributed by atoms with Crippen molar-refractivity contribution in [1.82, 2.24) is 4.98 Å². The van der Waals surface area contributed by atoms with Gasteiger partial charge in [-0.2, -0.15) is 0 Å². The van der Waals surface area contributed by atoms with E-state index in [2.05, 4.69) is 16.9 Å². The van der Waals surface area contributed by atoms with Crippen molar-refractivity contribution in [3.63, 3.8) is 0 Å². The lowest BCUT2D eigenvalue weighted by Crippen LogP contribution is -1.99. The molecular weight excluding hydrogens is 232 g/mol. The minimum Gasteiger partial charge on any atom is -0.476 e. The summed E-state index contributed by atoms with van der Waals surface area (Å²) < 4.78 is 0. The zero-order valence-corrected chi connectivity index (χ0v) is 9.77. The highest BCUT2D eigenvalue weighted by Gasteiger charge is 2.22. The molecule has 15 heavy (non-hydrogen) atoms. The Labute approximate surface area is 95.4 Å². The van der Waals surface area contributed by atoms with E-state index in [4.69, 9.17) is 5.11 Å². The van der Waals surface area contributed by atoms with Gasteiger partial charge in [0.25, 0.3) is 0 Å². The van der Waals surface area contributed by atoms with Gasteiger partial charge < -0.3 is 5.11 Å². The van der Waals surface area contributed by atoms with Gasteiger partial charge in [0.05, 0.1) is 5.04 Å². The molecule has 1 aromatic rings. The number of aromatic nitrogens is 1. The number of carboxylic acids is 1. The fourth-order valence-corrected chi connectivity index (χ4v) is 3.21. The van der Waals surface area contributed by atoms with Crippen LogP contribution >= 0.6 is 23.1 Å². The zero-order valence-electron chi connectivity index (χ0n) is 8.14. The van der Waals surface area contributed by atoms with Gasteiger partial charge in [-0.25, -0.2) is 9.78 Å². The summed E-state index contributed by atoms with van der Waals surface area (Å²) in [7, 11) is 0. The molecule has 2 rings (SSSR count). The first-order valence-electron chi connectivity index (χ1n) is 4.59. The number of thiazole rings is 1. The molecule has 6 heteroatoms. The standard InChI is InChI=1S/C9H10N2O2S2/c1-2-7-10-5(3-14-7)8-11-6(4-15-8)9(12)13/h4-5H,2-3H2,1H3,(H,12,13)/t5-/m0/s1. The smallest absolute Gasteiger partial charge is 0.355 e. The predicted octanol–water partition coefficient (Wildman–Crippen LogP) is 2.44. The maximum Gasteiger partial charge on any atom is 0.355 e. The fraction of sp³-hybridized carbons (Fsp3) is 0.444. The number of aliphatic imine (C=N–C) groups is 1. The SMILES string of the molecule is CCC1=N[C@H](c2nc(C(=O)O)cs2)CS1. The third-order valence-corrected chi connectivity index (χ3v) is 4.19. The molecule has 0 bridgehead atoms. The molecule has 0 amide bonds. The number of hydrogen-bond donors (Lipinski definition) is 1. The van der Waals surface area contributed by atoms with Crippen molar-refractivity contribution < 1.29 is 9.90 Å². The van der Waals surface area contributed by atoms with Crippen LogP contribution in [0.5, 0.6) is 0 Å². The minimum atomic E-state index is -0.970. The van der Waals surface area contributed by atoms with Crippen molar-refractivity contribution in [2.45, 2.75) is 19.4 Å². The lowest BCUT2D eigenvalue weighted by Gasteiger charge is -1.98. The van der Waals surface area contributed by atoms with E-state index >= 15 is 0 Å². The van der Waals surface area contributed by atoms with Crippen molar-refractivity contribution in [1.29, 1.82) is 0 Å². The minimum absolute atomic E-state index is 0.0584. The first-order chi connectivity index (χ1) is 7.20. The van der Waals surface area contributed by atoms with E-state index in [-0.39, 0.29) is 11.7 Å². The van der Waals surface area contributed by atoms with Crippen LogP contribution in [0.25, 0.3) is 0 Å². The predicted molar refractivity (Wildman–Crippen MR) is 62.0 cm³/mol. The van der Waals surface area contributed by atoms with Crippen molar-refractivity contribution in [3.05, 3.63) is 16.1 Å². The molecule has 0 fully saturated rings. The number of nitrogens with zero attached hydrogens (tertiary/aromatic N) is 2. The molecule has 0 unspecified atom stereocenters. The average molecular weight is 242 g/mol. The summed E-state index contributed by atoms with van der Waals surface area (Å²) in [5.74, 6) is -0.0849. The van der Waals surface area contributed by atoms with Crippen LogP contribution in [0.2, 0.25) is 0 Å². The Morgan fingerprint density at radius 2 is 2.53 bits per heavy atom. The third-order valence-electron chi connectivity index (χ3n) is 2.04. The molecule has 0 radical (unpaired) electrons. The highest BCUT2D eigenvalue weighted by Crippen LogP contribution is 2.32. The molecule has 1 atom stereocenters. The van der Waals surface area contributed by atoms with Crippen LogP contribution in [0.4, 0.5) is 0 Å². The summed E-state index contributed by atoms with van der Waals surface area (Å²) in [6, 6.07) is 0.0584. The highest BCUT2D eigenvalue weighted by molar-refractivity contribution is 8.14. The highest BCUT2D eigenvalue weighted by atomic mass is 32.2. The second kappa shape index (κ2) is 4.32. The molecule has 1 aromatic heterocycles. The maximum atomic E-state index is 10.7. The van der Waals surface area contributed by atoms with E-state index in [1.807, 2.05) is 0 Å². The largest absolute Gasteiger partial charge is 0.476 e. The quantitative estimate of drug-likeness (QED) is 0.884. The average Bonchev–Trinajstić information content (AvgIpc) is 2.86. The van der Waals surface area contributed by atoms with Crippen molar-refractivity contribution >= 4 is 34.1 Å². The van der Waals surface area contributed by atoms with Gasteiger partial charge in [-0.15, -0.1) is 23.1 Å². The van der Waals surface area contributed by atoms with Crippen molar-refractivity contribution in [3.8, 4) is 0 Å². The normalized spacial score (nSPS) is 20.3. The Morgan fingerprint density at radius 3 is 3.07 bits per heavy atom. The van der Waals surface area contributed by atoms with Crippen LogP contribution in [0.15, 0.2) is 10.4 Å². The van der Waals surface area contributed by atoms with E-state index in [9.17, 15) is 4.79 Å². The van der Waals surface area contributed by atoms with Gasteiger partial charge in [0.2, 0.25) is 0 Å². The number of carboxylic acid groups (broad SMARTS) is 1. The number of aromatic carboxylic acids is 1. The Bertz CT molecular complexity index is 414. The molecule has 0 aliphatic carbocycles. The van der Waals surface area contributed by atoms with E-state index < -0.39 is 5.97 Å². The summed E-state index contributed by atoms with van der Waals surface area (Å²) in [5.41, 5.74) is 0.125. The summed E-state index contributed by atoms with van der Waals surface area (Å²) in [4.78, 5) is 19.2. The van der Waals surface area contributed by atoms with Crippen LogP contribution in [-0.2, 0) is 0 Å². The topological polar surface area (TPSA) is 62.5 Å². The van der Waals surface area contributed by atoms with E-state index in [0.29, 0.717) is 0 Å². The Kier molecular flexibility index (Phi) is 3.06. The Morgan fingerprint density at radius 1 is 1.73 bits per heavy atom. The molecule has 1 aliphatic rings. The van der Waals surface area contributed by atoms with Crippen molar-refractivity contribution in [2.75, 3.05) is 5.75 Å². The summed E-state index contributed by atoms with van der Waals surface area (Å²) in [6.07, 6.45) is 0.943. The Hall–Kier alpha value is -0.880. The molecule has 1 N–H and O–H groups in total. The molecule has 80 valence electrons. The molecule has 2 heterocycles. The van der Waals surface area contributed by atoms with E-state index in [1.165, 1.54) is 11.3 Å². The molecular formula is C9H10N2O2S2. The zero-order chi connectivity index (χ0) is 10.8. The first-order valence-corrected chi connectivity index (χ1v) is 6.45. The van der Waals surface area contributed by atoms with Gasteiger partial charge >= 0.3 is 5.97 Å². The number of thioether (sulfide) groups is 1. The monoisotopic (exact) mass is 242 g/mol. The second-order valence-electron chi connectivity index (χ2n) is 3.08. The summed E-state index contributed by atoms with van der Waals surface area (Å²) in [6.45, 7) is 2.07.